The van der Waals surface area contributed by atoms with Gasteiger partial charge in [-0.25, -0.2) is 0 Å². The van der Waals surface area contributed by atoms with Crippen molar-refractivity contribution in [3.63, 3.8) is 0 Å². The highest BCUT2D eigenvalue weighted by Gasteiger charge is 2.37. The summed E-state index contributed by atoms with van der Waals surface area (Å²) < 4.78 is 0. The number of nitrogens with zero attached hydrogens (tertiary/aromatic N) is 1. The van der Waals surface area contributed by atoms with E-state index in [0.29, 0.717) is 6.04 Å². The van der Waals surface area contributed by atoms with Crippen LogP contribution >= 0.6 is 0 Å². The maximum atomic E-state index is 3.55. The van der Waals surface area contributed by atoms with Gasteiger partial charge in [0, 0.05) is 24.7 Å². The molecular formula is C19H32N2. The summed E-state index contributed by atoms with van der Waals surface area (Å²) in [6.07, 6.45) is 3.99. The lowest BCUT2D eigenvalue weighted by Crippen LogP contribution is -2.46. The molecule has 2 nitrogen and oxygen atoms in total. The van der Waals surface area contributed by atoms with Crippen LogP contribution in [-0.2, 0) is 0 Å². The van der Waals surface area contributed by atoms with Crippen LogP contribution in [0.4, 0.5) is 0 Å². The summed E-state index contributed by atoms with van der Waals surface area (Å²) in [6, 6.07) is 12.8. The van der Waals surface area contributed by atoms with Gasteiger partial charge < -0.3 is 5.32 Å². The van der Waals surface area contributed by atoms with E-state index in [1.165, 1.54) is 24.8 Å². The Balaban J connectivity index is 2.16. The van der Waals surface area contributed by atoms with Crippen LogP contribution in [0.5, 0.6) is 0 Å². The number of likely N-dealkylation sites (tertiary alicyclic amines) is 1. The molecule has 0 aromatic heterocycles. The molecule has 0 bridgehead atoms. The van der Waals surface area contributed by atoms with Crippen molar-refractivity contribution in [1.29, 1.82) is 0 Å². The Bertz CT molecular complexity index is 426. The van der Waals surface area contributed by atoms with Crippen molar-refractivity contribution in [2.45, 2.75) is 65.1 Å². The van der Waals surface area contributed by atoms with Gasteiger partial charge >= 0.3 is 0 Å². The van der Waals surface area contributed by atoms with E-state index < -0.39 is 0 Å². The van der Waals surface area contributed by atoms with Gasteiger partial charge in [-0.05, 0) is 44.2 Å². The zero-order valence-electron chi connectivity index (χ0n) is 14.4. The number of benzene rings is 1. The Morgan fingerprint density at radius 3 is 2.48 bits per heavy atom. The third kappa shape index (κ3) is 3.67. The number of hydrogen-bond donors (Lipinski definition) is 1. The van der Waals surface area contributed by atoms with Crippen LogP contribution in [0, 0.1) is 5.41 Å². The van der Waals surface area contributed by atoms with Crippen LogP contribution < -0.4 is 5.32 Å². The SMILES string of the molecule is CCC1CCC(C)N1CC(C)(C)C(NC)c1ccccc1. The molecule has 1 aromatic carbocycles. The molecule has 1 aliphatic heterocycles. The molecule has 2 heteroatoms. The molecule has 0 radical (unpaired) electrons. The minimum absolute atomic E-state index is 0.210. The molecule has 3 atom stereocenters. The second-order valence-electron chi connectivity index (χ2n) is 7.28. The van der Waals surface area contributed by atoms with E-state index >= 15 is 0 Å². The maximum Gasteiger partial charge on any atom is 0.0381 e. The molecule has 0 amide bonds. The fraction of sp³-hybridized carbons (Fsp3) is 0.684. The quantitative estimate of drug-likeness (QED) is 0.842. The molecule has 0 aliphatic carbocycles. The molecule has 3 unspecified atom stereocenters. The maximum absolute atomic E-state index is 3.55. The average Bonchev–Trinajstić information content (AvgIpc) is 2.80. The van der Waals surface area contributed by atoms with Crippen LogP contribution in [0.3, 0.4) is 0 Å². The summed E-state index contributed by atoms with van der Waals surface area (Å²) in [7, 11) is 2.09. The normalized spacial score (nSPS) is 25.2. The first-order chi connectivity index (χ1) is 9.99. The first-order valence-electron chi connectivity index (χ1n) is 8.47. The fourth-order valence-corrected chi connectivity index (χ4v) is 4.06. The Labute approximate surface area is 130 Å². The zero-order chi connectivity index (χ0) is 15.5. The monoisotopic (exact) mass is 288 g/mol. The molecule has 1 N–H and O–H groups in total. The first kappa shape index (κ1) is 16.5. The molecule has 1 aromatic rings. The van der Waals surface area contributed by atoms with Crippen molar-refractivity contribution in [3.8, 4) is 0 Å². The largest absolute Gasteiger partial charge is 0.313 e. The fourth-order valence-electron chi connectivity index (χ4n) is 4.06. The first-order valence-corrected chi connectivity index (χ1v) is 8.47. The second-order valence-corrected chi connectivity index (χ2v) is 7.28. The summed E-state index contributed by atoms with van der Waals surface area (Å²) in [5, 5.41) is 3.55. The van der Waals surface area contributed by atoms with Gasteiger partial charge in [0.2, 0.25) is 0 Å². The summed E-state index contributed by atoms with van der Waals surface area (Å²) in [5.74, 6) is 0. The Morgan fingerprint density at radius 1 is 1.24 bits per heavy atom. The molecule has 1 fully saturated rings. The Morgan fingerprint density at radius 2 is 1.90 bits per heavy atom. The minimum Gasteiger partial charge on any atom is -0.313 e. The average molecular weight is 288 g/mol. The molecule has 0 spiro atoms. The van der Waals surface area contributed by atoms with Gasteiger partial charge in [-0.1, -0.05) is 51.1 Å². The van der Waals surface area contributed by atoms with Gasteiger partial charge in [0.15, 0.2) is 0 Å². The molecule has 2 rings (SSSR count). The molecule has 118 valence electrons. The van der Waals surface area contributed by atoms with E-state index in [-0.39, 0.29) is 5.41 Å². The predicted molar refractivity (Wildman–Crippen MR) is 91.5 cm³/mol. The van der Waals surface area contributed by atoms with Gasteiger partial charge in [-0.3, -0.25) is 4.90 Å². The van der Waals surface area contributed by atoms with Crippen LogP contribution in [0.15, 0.2) is 30.3 Å². The van der Waals surface area contributed by atoms with E-state index in [1.54, 1.807) is 0 Å². The van der Waals surface area contributed by atoms with E-state index in [0.717, 1.165) is 18.6 Å². The molecule has 1 saturated heterocycles. The van der Waals surface area contributed by atoms with Gasteiger partial charge in [-0.15, -0.1) is 0 Å². The van der Waals surface area contributed by atoms with Crippen molar-refractivity contribution < 1.29 is 0 Å². The number of rotatable bonds is 6. The molecule has 1 aliphatic rings. The van der Waals surface area contributed by atoms with Gasteiger partial charge in [-0.2, -0.15) is 0 Å². The van der Waals surface area contributed by atoms with Crippen molar-refractivity contribution in [1.82, 2.24) is 10.2 Å². The van der Waals surface area contributed by atoms with Crippen LogP contribution in [0.2, 0.25) is 0 Å². The lowest BCUT2D eigenvalue weighted by atomic mass is 9.79. The van der Waals surface area contributed by atoms with Crippen molar-refractivity contribution >= 4 is 0 Å². The number of hydrogen-bond acceptors (Lipinski definition) is 2. The Kier molecular flexibility index (Phi) is 5.45. The second kappa shape index (κ2) is 6.93. The molecule has 21 heavy (non-hydrogen) atoms. The van der Waals surface area contributed by atoms with Crippen LogP contribution in [0.25, 0.3) is 0 Å². The third-order valence-corrected chi connectivity index (χ3v) is 5.22. The predicted octanol–water partition coefficient (Wildman–Crippen LogP) is 4.24. The number of nitrogens with one attached hydrogen (secondary N) is 1. The third-order valence-electron chi connectivity index (χ3n) is 5.22. The zero-order valence-corrected chi connectivity index (χ0v) is 14.4. The topological polar surface area (TPSA) is 15.3 Å². The van der Waals surface area contributed by atoms with Gasteiger partial charge in [0.25, 0.3) is 0 Å². The van der Waals surface area contributed by atoms with Gasteiger partial charge in [0.1, 0.15) is 0 Å². The lowest BCUT2D eigenvalue weighted by molar-refractivity contribution is 0.101. The van der Waals surface area contributed by atoms with Gasteiger partial charge in [0.05, 0.1) is 0 Å². The smallest absolute Gasteiger partial charge is 0.0381 e. The van der Waals surface area contributed by atoms with Crippen LogP contribution in [0.1, 0.15) is 58.6 Å². The summed E-state index contributed by atoms with van der Waals surface area (Å²) >= 11 is 0. The highest BCUT2D eigenvalue weighted by Crippen LogP contribution is 2.37. The molecule has 0 saturated carbocycles. The summed E-state index contributed by atoms with van der Waals surface area (Å²) in [5.41, 5.74) is 1.60. The Hall–Kier alpha value is -0.860. The summed E-state index contributed by atoms with van der Waals surface area (Å²) in [4.78, 5) is 2.74. The van der Waals surface area contributed by atoms with Crippen molar-refractivity contribution in [2.24, 2.45) is 5.41 Å². The van der Waals surface area contributed by atoms with Crippen molar-refractivity contribution in [3.05, 3.63) is 35.9 Å². The molecular weight excluding hydrogens is 256 g/mol. The van der Waals surface area contributed by atoms with E-state index in [1.807, 2.05) is 0 Å². The standard InChI is InChI=1S/C19H32N2/c1-6-17-13-12-15(2)21(17)14-19(3,4)18(20-5)16-10-8-7-9-11-16/h7-11,15,17-18,20H,6,12-14H2,1-5H3. The highest BCUT2D eigenvalue weighted by atomic mass is 15.2. The van der Waals surface area contributed by atoms with E-state index in [2.05, 4.69) is 75.3 Å². The van der Waals surface area contributed by atoms with E-state index in [4.69, 9.17) is 0 Å². The summed E-state index contributed by atoms with van der Waals surface area (Å²) in [6.45, 7) is 10.7. The lowest BCUT2D eigenvalue weighted by Gasteiger charge is -2.41. The molecule has 1 heterocycles. The highest BCUT2D eigenvalue weighted by molar-refractivity contribution is 5.21. The van der Waals surface area contributed by atoms with E-state index in [9.17, 15) is 0 Å². The van der Waals surface area contributed by atoms with Crippen molar-refractivity contribution in [2.75, 3.05) is 13.6 Å². The minimum atomic E-state index is 0.210. The van der Waals surface area contributed by atoms with Crippen LogP contribution in [-0.4, -0.2) is 30.6 Å².